The second-order valence-corrected chi connectivity index (χ2v) is 6.84. The SMILES string of the molecule is CCCCCCCOCCOCCOCCOCCOCCOCCOCCC(=O)O. The van der Waals surface area contributed by atoms with Crippen LogP contribution >= 0.6 is 0 Å². The van der Waals surface area contributed by atoms with Crippen molar-refractivity contribution in [3.63, 3.8) is 0 Å². The van der Waals surface area contributed by atoms with Crippen molar-refractivity contribution < 1.29 is 43.1 Å². The first-order chi connectivity index (χ1) is 15.3. The van der Waals surface area contributed by atoms with Gasteiger partial charge in [-0.2, -0.15) is 0 Å². The van der Waals surface area contributed by atoms with Gasteiger partial charge in [0.15, 0.2) is 0 Å². The highest BCUT2D eigenvalue weighted by atomic mass is 16.6. The average Bonchev–Trinajstić information content (AvgIpc) is 2.76. The van der Waals surface area contributed by atoms with Gasteiger partial charge in [-0.3, -0.25) is 4.79 Å². The molecule has 1 N–H and O–H groups in total. The van der Waals surface area contributed by atoms with E-state index < -0.39 is 5.97 Å². The minimum absolute atomic E-state index is 0.0106. The number of carboxylic acids is 1. The Balaban J connectivity index is 3.00. The molecule has 0 amide bonds. The number of hydrogen-bond acceptors (Lipinski definition) is 8. The van der Waals surface area contributed by atoms with Crippen LogP contribution in [0.1, 0.15) is 45.4 Å². The topological polar surface area (TPSA) is 102 Å². The molecule has 0 aromatic heterocycles. The Labute approximate surface area is 187 Å². The van der Waals surface area contributed by atoms with Crippen molar-refractivity contribution in [1.82, 2.24) is 0 Å². The van der Waals surface area contributed by atoms with Crippen LogP contribution in [0.25, 0.3) is 0 Å². The number of hydrogen-bond donors (Lipinski definition) is 1. The molecule has 0 saturated heterocycles. The Bertz CT molecular complexity index is 356. The number of carboxylic acid groups (broad SMARTS) is 1. The first-order valence-electron chi connectivity index (χ1n) is 11.5. The lowest BCUT2D eigenvalue weighted by atomic mass is 10.2. The Hall–Kier alpha value is -0.810. The van der Waals surface area contributed by atoms with Crippen LogP contribution in [0.15, 0.2) is 0 Å². The van der Waals surface area contributed by atoms with E-state index in [1.165, 1.54) is 25.7 Å². The molecular formula is C22H44O9. The van der Waals surface area contributed by atoms with Crippen molar-refractivity contribution >= 4 is 5.97 Å². The zero-order chi connectivity index (χ0) is 22.7. The largest absolute Gasteiger partial charge is 0.481 e. The third-order valence-electron chi connectivity index (χ3n) is 4.08. The minimum atomic E-state index is -0.864. The van der Waals surface area contributed by atoms with Gasteiger partial charge in [-0.25, -0.2) is 0 Å². The summed E-state index contributed by atoms with van der Waals surface area (Å²) in [5, 5.41) is 8.45. The third kappa shape index (κ3) is 29.2. The summed E-state index contributed by atoms with van der Waals surface area (Å²) in [6.07, 6.45) is 6.28. The van der Waals surface area contributed by atoms with Crippen molar-refractivity contribution in [1.29, 1.82) is 0 Å². The Morgan fingerprint density at radius 2 is 0.806 bits per heavy atom. The molecule has 9 nitrogen and oxygen atoms in total. The smallest absolute Gasteiger partial charge is 0.305 e. The molecule has 0 fully saturated rings. The highest BCUT2D eigenvalue weighted by molar-refractivity contribution is 5.66. The summed E-state index contributed by atoms with van der Waals surface area (Å²) < 4.78 is 37.6. The maximum Gasteiger partial charge on any atom is 0.305 e. The van der Waals surface area contributed by atoms with Gasteiger partial charge in [-0.05, 0) is 6.42 Å². The summed E-state index contributed by atoms with van der Waals surface area (Å²) in [5.41, 5.74) is 0. The first kappa shape index (κ1) is 30.2. The Morgan fingerprint density at radius 3 is 1.16 bits per heavy atom. The molecule has 31 heavy (non-hydrogen) atoms. The van der Waals surface area contributed by atoms with Gasteiger partial charge in [0, 0.05) is 6.61 Å². The van der Waals surface area contributed by atoms with Gasteiger partial charge in [-0.1, -0.05) is 32.6 Å². The zero-order valence-corrected chi connectivity index (χ0v) is 19.4. The normalized spacial score (nSPS) is 11.3. The van der Waals surface area contributed by atoms with Gasteiger partial charge in [0.2, 0.25) is 0 Å². The van der Waals surface area contributed by atoms with Crippen molar-refractivity contribution in [2.24, 2.45) is 0 Å². The fraction of sp³-hybridized carbons (Fsp3) is 0.955. The molecule has 0 radical (unpaired) electrons. The summed E-state index contributed by atoms with van der Waals surface area (Å²) in [4.78, 5) is 10.3. The van der Waals surface area contributed by atoms with Crippen molar-refractivity contribution in [2.75, 3.05) is 92.5 Å². The van der Waals surface area contributed by atoms with Crippen LogP contribution < -0.4 is 0 Å². The molecule has 0 unspecified atom stereocenters. The maximum absolute atomic E-state index is 10.3. The molecule has 0 aliphatic rings. The fourth-order valence-corrected chi connectivity index (χ4v) is 2.39. The number of ether oxygens (including phenoxy) is 7. The molecule has 0 aliphatic carbocycles. The summed E-state index contributed by atoms with van der Waals surface area (Å²) >= 11 is 0. The number of carbonyl (C=O) groups is 1. The summed E-state index contributed by atoms with van der Waals surface area (Å²) in [6.45, 7) is 9.42. The molecule has 0 spiro atoms. The lowest BCUT2D eigenvalue weighted by molar-refractivity contribution is -0.138. The molecule has 0 bridgehead atoms. The van der Waals surface area contributed by atoms with Crippen LogP contribution in [0.3, 0.4) is 0 Å². The molecule has 0 aromatic carbocycles. The van der Waals surface area contributed by atoms with Gasteiger partial charge in [0.1, 0.15) is 0 Å². The molecule has 0 rings (SSSR count). The van der Waals surface area contributed by atoms with Crippen LogP contribution in [0.2, 0.25) is 0 Å². The van der Waals surface area contributed by atoms with Crippen molar-refractivity contribution in [3.8, 4) is 0 Å². The highest BCUT2D eigenvalue weighted by Crippen LogP contribution is 2.02. The fourth-order valence-electron chi connectivity index (χ4n) is 2.39. The number of aliphatic carboxylic acids is 1. The van der Waals surface area contributed by atoms with Gasteiger partial charge in [0.25, 0.3) is 0 Å². The quantitative estimate of drug-likeness (QED) is 0.188. The number of unbranched alkanes of at least 4 members (excludes halogenated alkanes) is 4. The Morgan fingerprint density at radius 1 is 0.484 bits per heavy atom. The van der Waals surface area contributed by atoms with Crippen LogP contribution in [0.5, 0.6) is 0 Å². The second kappa shape index (κ2) is 27.2. The molecule has 0 aliphatic heterocycles. The molecule has 0 atom stereocenters. The highest BCUT2D eigenvalue weighted by Gasteiger charge is 1.97. The van der Waals surface area contributed by atoms with Gasteiger partial charge >= 0.3 is 5.97 Å². The van der Waals surface area contributed by atoms with Gasteiger partial charge < -0.3 is 38.3 Å². The summed E-state index contributed by atoms with van der Waals surface area (Å²) in [7, 11) is 0. The van der Waals surface area contributed by atoms with Gasteiger partial charge in [0.05, 0.1) is 92.3 Å². The van der Waals surface area contributed by atoms with Crippen LogP contribution in [0, 0.1) is 0 Å². The van der Waals surface area contributed by atoms with E-state index in [0.29, 0.717) is 79.3 Å². The molecule has 0 heterocycles. The van der Waals surface area contributed by atoms with Crippen molar-refractivity contribution in [2.45, 2.75) is 45.4 Å². The first-order valence-corrected chi connectivity index (χ1v) is 11.5. The van der Waals surface area contributed by atoms with E-state index in [2.05, 4.69) is 6.92 Å². The molecule has 0 aromatic rings. The van der Waals surface area contributed by atoms with E-state index in [9.17, 15) is 4.79 Å². The predicted octanol–water partition coefficient (Wildman–Crippen LogP) is 2.55. The standard InChI is InChI=1S/C22H44O9/c1-2-3-4-5-6-8-25-10-12-27-14-16-29-18-20-31-21-19-30-17-15-28-13-11-26-9-7-22(23)24/h2-21H2,1H3,(H,23,24). The lowest BCUT2D eigenvalue weighted by Crippen LogP contribution is -2.14. The van der Waals surface area contributed by atoms with E-state index in [4.69, 9.17) is 38.3 Å². The monoisotopic (exact) mass is 452 g/mol. The zero-order valence-electron chi connectivity index (χ0n) is 19.4. The summed E-state index contributed by atoms with van der Waals surface area (Å²) in [5.74, 6) is -0.864. The van der Waals surface area contributed by atoms with E-state index in [0.717, 1.165) is 13.0 Å². The van der Waals surface area contributed by atoms with Crippen LogP contribution in [-0.2, 0) is 38.0 Å². The minimum Gasteiger partial charge on any atom is -0.481 e. The molecule has 186 valence electrons. The van der Waals surface area contributed by atoms with Crippen LogP contribution in [0.4, 0.5) is 0 Å². The third-order valence-corrected chi connectivity index (χ3v) is 4.08. The van der Waals surface area contributed by atoms with E-state index in [-0.39, 0.29) is 13.0 Å². The predicted molar refractivity (Wildman–Crippen MR) is 117 cm³/mol. The van der Waals surface area contributed by atoms with Gasteiger partial charge in [-0.15, -0.1) is 0 Å². The Kier molecular flexibility index (Phi) is 26.5. The van der Waals surface area contributed by atoms with E-state index in [1.54, 1.807) is 0 Å². The second-order valence-electron chi connectivity index (χ2n) is 6.84. The van der Waals surface area contributed by atoms with E-state index >= 15 is 0 Å². The van der Waals surface area contributed by atoms with Crippen molar-refractivity contribution in [3.05, 3.63) is 0 Å². The maximum atomic E-state index is 10.3. The van der Waals surface area contributed by atoms with Crippen LogP contribution in [-0.4, -0.2) is 104 Å². The lowest BCUT2D eigenvalue weighted by Gasteiger charge is -2.08. The molecule has 0 saturated carbocycles. The number of rotatable bonds is 27. The molecule has 9 heteroatoms. The molecular weight excluding hydrogens is 408 g/mol. The summed E-state index contributed by atoms with van der Waals surface area (Å²) in [6, 6.07) is 0. The average molecular weight is 453 g/mol. The van der Waals surface area contributed by atoms with E-state index in [1.807, 2.05) is 0 Å².